The number of H-pyrrole nitrogens is 2. The summed E-state index contributed by atoms with van der Waals surface area (Å²) in [4.78, 5) is 46.5. The van der Waals surface area contributed by atoms with E-state index in [0.717, 1.165) is 18.8 Å². The molecule has 4 rings (SSSR count). The first-order chi connectivity index (χ1) is 12.6. The molecule has 8 heteroatoms. The molecule has 1 saturated heterocycles. The molecule has 2 aromatic heterocycles. The quantitative estimate of drug-likeness (QED) is 0.662. The van der Waals surface area contributed by atoms with Crippen molar-refractivity contribution < 1.29 is 4.79 Å². The molecule has 0 spiro atoms. The van der Waals surface area contributed by atoms with Gasteiger partial charge in [-0.15, -0.1) is 0 Å². The van der Waals surface area contributed by atoms with E-state index in [4.69, 9.17) is 0 Å². The lowest BCUT2D eigenvalue weighted by atomic mass is 10.2. The molecule has 3 N–H and O–H groups in total. The van der Waals surface area contributed by atoms with Crippen LogP contribution in [0.25, 0.3) is 11.0 Å². The summed E-state index contributed by atoms with van der Waals surface area (Å²) < 4.78 is 0. The van der Waals surface area contributed by atoms with E-state index in [1.165, 1.54) is 25.1 Å². The zero-order chi connectivity index (χ0) is 18.1. The van der Waals surface area contributed by atoms with Crippen molar-refractivity contribution in [1.82, 2.24) is 15.0 Å². The largest absolute Gasteiger partial charge is 0.371 e. The number of aromatic nitrogens is 3. The highest BCUT2D eigenvalue weighted by atomic mass is 16.2. The summed E-state index contributed by atoms with van der Waals surface area (Å²) >= 11 is 0. The van der Waals surface area contributed by atoms with Gasteiger partial charge in [-0.2, -0.15) is 0 Å². The molecule has 1 fully saturated rings. The molecule has 0 atom stereocenters. The second-order valence-electron chi connectivity index (χ2n) is 6.23. The Morgan fingerprint density at radius 3 is 2.73 bits per heavy atom. The number of nitrogens with zero attached hydrogens (tertiary/aromatic N) is 2. The van der Waals surface area contributed by atoms with Gasteiger partial charge in [-0.05, 0) is 37.1 Å². The molecule has 3 aromatic rings. The van der Waals surface area contributed by atoms with Crippen LogP contribution in [-0.4, -0.2) is 33.9 Å². The van der Waals surface area contributed by atoms with E-state index in [9.17, 15) is 14.4 Å². The van der Waals surface area contributed by atoms with Crippen LogP contribution in [0.2, 0.25) is 0 Å². The number of carbonyl (C=O) groups excluding carboxylic acids is 1. The molecule has 0 bridgehead atoms. The minimum atomic E-state index is -0.633. The maximum Gasteiger partial charge on any atom is 0.327 e. The Balaban J connectivity index is 1.60. The predicted molar refractivity (Wildman–Crippen MR) is 98.8 cm³/mol. The van der Waals surface area contributed by atoms with Crippen LogP contribution in [0.15, 0.2) is 46.1 Å². The Kier molecular flexibility index (Phi) is 4.00. The molecule has 8 nitrogen and oxygen atoms in total. The van der Waals surface area contributed by atoms with E-state index >= 15 is 0 Å². The Hall–Kier alpha value is -3.42. The number of hydrogen-bond acceptors (Lipinski definition) is 5. The number of anilines is 2. The predicted octanol–water partition coefficient (Wildman–Crippen LogP) is 1.46. The molecule has 132 valence electrons. The maximum atomic E-state index is 12.5. The summed E-state index contributed by atoms with van der Waals surface area (Å²) in [6.07, 6.45) is 3.68. The first-order valence-electron chi connectivity index (χ1n) is 8.39. The molecule has 0 aliphatic carbocycles. The van der Waals surface area contributed by atoms with Crippen molar-refractivity contribution in [2.45, 2.75) is 12.8 Å². The summed E-state index contributed by atoms with van der Waals surface area (Å²) in [7, 11) is 0. The molecule has 0 saturated carbocycles. The van der Waals surface area contributed by atoms with Gasteiger partial charge in [0.15, 0.2) is 0 Å². The molecule has 0 unspecified atom stereocenters. The molecular weight excluding hydrogens is 334 g/mol. The summed E-state index contributed by atoms with van der Waals surface area (Å²) in [5, 5.41) is 2.98. The smallest absolute Gasteiger partial charge is 0.327 e. The first-order valence-corrected chi connectivity index (χ1v) is 8.39. The molecule has 0 radical (unpaired) electrons. The third-order valence-corrected chi connectivity index (χ3v) is 4.43. The maximum absolute atomic E-state index is 12.5. The second-order valence-corrected chi connectivity index (χ2v) is 6.23. The zero-order valence-electron chi connectivity index (χ0n) is 13.9. The van der Waals surface area contributed by atoms with Gasteiger partial charge in [0.25, 0.3) is 11.5 Å². The minimum absolute atomic E-state index is 0.145. The second kappa shape index (κ2) is 6.47. The van der Waals surface area contributed by atoms with Gasteiger partial charge in [0.05, 0.1) is 10.9 Å². The Labute approximate surface area is 147 Å². The highest BCUT2D eigenvalue weighted by molar-refractivity contribution is 6.05. The number of pyridine rings is 1. The van der Waals surface area contributed by atoms with E-state index in [2.05, 4.69) is 25.2 Å². The number of aromatic amines is 2. The summed E-state index contributed by atoms with van der Waals surface area (Å²) in [6, 6.07) is 9.08. The van der Waals surface area contributed by atoms with E-state index in [1.807, 2.05) is 24.3 Å². The highest BCUT2D eigenvalue weighted by Gasteiger charge is 2.14. The van der Waals surface area contributed by atoms with Gasteiger partial charge in [-0.1, -0.05) is 6.07 Å². The topological polar surface area (TPSA) is 111 Å². The van der Waals surface area contributed by atoms with Crippen LogP contribution in [0.4, 0.5) is 11.4 Å². The van der Waals surface area contributed by atoms with Gasteiger partial charge in [-0.3, -0.25) is 19.6 Å². The molecule has 1 aliphatic rings. The molecule has 3 heterocycles. The lowest BCUT2D eigenvalue weighted by Crippen LogP contribution is -2.23. The molecule has 1 aromatic carbocycles. The van der Waals surface area contributed by atoms with Gasteiger partial charge in [0, 0.05) is 30.7 Å². The number of amides is 1. The van der Waals surface area contributed by atoms with Crippen molar-refractivity contribution >= 4 is 28.3 Å². The van der Waals surface area contributed by atoms with Crippen molar-refractivity contribution in [2.75, 3.05) is 23.3 Å². The zero-order valence-corrected chi connectivity index (χ0v) is 13.9. The average Bonchev–Trinajstić information content (AvgIpc) is 3.16. The van der Waals surface area contributed by atoms with Crippen LogP contribution in [0, 0.1) is 0 Å². The lowest BCUT2D eigenvalue weighted by molar-refractivity contribution is 0.102. The normalized spacial score (nSPS) is 13.9. The van der Waals surface area contributed by atoms with Crippen molar-refractivity contribution in [1.29, 1.82) is 0 Å². The highest BCUT2D eigenvalue weighted by Crippen LogP contribution is 2.23. The van der Waals surface area contributed by atoms with Gasteiger partial charge in [0.2, 0.25) is 0 Å². The fraction of sp³-hybridized carbons (Fsp3) is 0.222. The molecular formula is C18H17N5O3. The Bertz CT molecular complexity index is 1100. The van der Waals surface area contributed by atoms with Crippen LogP contribution in [0.3, 0.4) is 0 Å². The van der Waals surface area contributed by atoms with Gasteiger partial charge >= 0.3 is 5.69 Å². The summed E-state index contributed by atoms with van der Waals surface area (Å²) in [5.74, 6) is -0.372. The third-order valence-electron chi connectivity index (χ3n) is 4.43. The first kappa shape index (κ1) is 16.1. The van der Waals surface area contributed by atoms with Gasteiger partial charge in [0.1, 0.15) is 5.65 Å². The third kappa shape index (κ3) is 3.08. The standard InChI is InChI=1S/C18H17N5O3/c24-16(11-8-14-15(19-10-11)21-18(26)22-17(14)25)20-12-4-3-5-13(9-12)23-6-1-2-7-23/h3-5,8-10H,1-2,6-7H2,(H,20,24)(H2,19,21,22,25,26). The fourth-order valence-electron chi connectivity index (χ4n) is 3.13. The van der Waals surface area contributed by atoms with E-state index in [1.54, 1.807) is 0 Å². The van der Waals surface area contributed by atoms with E-state index in [0.29, 0.717) is 5.69 Å². The number of fused-ring (bicyclic) bond motifs is 1. The van der Waals surface area contributed by atoms with Crippen molar-refractivity contribution in [2.24, 2.45) is 0 Å². The Morgan fingerprint density at radius 2 is 1.92 bits per heavy atom. The van der Waals surface area contributed by atoms with Crippen LogP contribution in [0.1, 0.15) is 23.2 Å². The molecule has 1 amide bonds. The number of hydrogen-bond donors (Lipinski definition) is 3. The lowest BCUT2D eigenvalue weighted by Gasteiger charge is -2.18. The number of nitrogens with one attached hydrogen (secondary N) is 3. The SMILES string of the molecule is O=C(Nc1cccc(N2CCCC2)c1)c1cnc2[nH]c(=O)[nH]c(=O)c2c1. The van der Waals surface area contributed by atoms with E-state index in [-0.39, 0.29) is 22.5 Å². The van der Waals surface area contributed by atoms with Gasteiger partial charge in [-0.25, -0.2) is 9.78 Å². The molecule has 1 aliphatic heterocycles. The van der Waals surface area contributed by atoms with E-state index < -0.39 is 11.2 Å². The van der Waals surface area contributed by atoms with Crippen LogP contribution in [0.5, 0.6) is 0 Å². The van der Waals surface area contributed by atoms with Crippen LogP contribution < -0.4 is 21.5 Å². The number of benzene rings is 1. The monoisotopic (exact) mass is 351 g/mol. The van der Waals surface area contributed by atoms with Crippen molar-refractivity contribution in [3.05, 3.63) is 62.9 Å². The van der Waals surface area contributed by atoms with Crippen molar-refractivity contribution in [3.63, 3.8) is 0 Å². The summed E-state index contributed by atoms with van der Waals surface area (Å²) in [5.41, 5.74) is 0.918. The summed E-state index contributed by atoms with van der Waals surface area (Å²) in [6.45, 7) is 2.04. The van der Waals surface area contributed by atoms with Gasteiger partial charge < -0.3 is 10.2 Å². The minimum Gasteiger partial charge on any atom is -0.371 e. The average molecular weight is 351 g/mol. The van der Waals surface area contributed by atoms with Crippen LogP contribution in [-0.2, 0) is 0 Å². The van der Waals surface area contributed by atoms with Crippen molar-refractivity contribution in [3.8, 4) is 0 Å². The number of carbonyl (C=O) groups is 1. The van der Waals surface area contributed by atoms with Crippen LogP contribution >= 0.6 is 0 Å². The Morgan fingerprint density at radius 1 is 1.12 bits per heavy atom. The number of rotatable bonds is 3. The molecule has 26 heavy (non-hydrogen) atoms. The fourth-order valence-corrected chi connectivity index (χ4v) is 3.13.